The largest absolute Gasteiger partial charge is 0.466 e. The summed E-state index contributed by atoms with van der Waals surface area (Å²) in [6.45, 7) is 7.46. The van der Waals surface area contributed by atoms with Gasteiger partial charge in [-0.2, -0.15) is 0 Å². The summed E-state index contributed by atoms with van der Waals surface area (Å²) in [5.74, 6) is -0.249. The van der Waals surface area contributed by atoms with Crippen LogP contribution < -0.4 is 0 Å². The Bertz CT molecular complexity index is 214. The molecule has 0 aliphatic heterocycles. The van der Waals surface area contributed by atoms with Crippen molar-refractivity contribution in [1.29, 1.82) is 0 Å². The summed E-state index contributed by atoms with van der Waals surface area (Å²) in [7, 11) is 0. The Morgan fingerprint density at radius 2 is 1.69 bits per heavy atom. The van der Waals surface area contributed by atoms with Crippen molar-refractivity contribution < 1.29 is 19.1 Å². The molecule has 5 nitrogen and oxygen atoms in total. The van der Waals surface area contributed by atoms with Crippen molar-refractivity contribution in [1.82, 2.24) is 4.90 Å². The van der Waals surface area contributed by atoms with Crippen LogP contribution in [0.5, 0.6) is 0 Å². The van der Waals surface area contributed by atoms with E-state index in [-0.39, 0.29) is 18.7 Å². The third-order valence-corrected chi connectivity index (χ3v) is 2.08. The summed E-state index contributed by atoms with van der Waals surface area (Å²) in [6.07, 6.45) is 0.472. The van der Waals surface area contributed by atoms with Gasteiger partial charge in [-0.3, -0.25) is 4.79 Å². The zero-order valence-electron chi connectivity index (χ0n) is 10.3. The zero-order valence-corrected chi connectivity index (χ0v) is 10.3. The number of amides is 1. The first-order chi connectivity index (χ1) is 7.65. The van der Waals surface area contributed by atoms with E-state index in [0.29, 0.717) is 32.5 Å². The zero-order chi connectivity index (χ0) is 12.4. The molecule has 0 heterocycles. The van der Waals surface area contributed by atoms with E-state index in [1.165, 1.54) is 0 Å². The third kappa shape index (κ3) is 6.27. The first-order valence-electron chi connectivity index (χ1n) is 5.72. The lowest BCUT2D eigenvalue weighted by molar-refractivity contribution is -0.143. The maximum atomic E-state index is 11.4. The van der Waals surface area contributed by atoms with Crippen LogP contribution in [-0.2, 0) is 14.3 Å². The maximum Gasteiger partial charge on any atom is 0.409 e. The fourth-order valence-electron chi connectivity index (χ4n) is 1.18. The fraction of sp³-hybridized carbons (Fsp3) is 0.818. The van der Waals surface area contributed by atoms with Crippen molar-refractivity contribution in [2.45, 2.75) is 33.6 Å². The number of hydrogen-bond acceptors (Lipinski definition) is 4. The van der Waals surface area contributed by atoms with Gasteiger partial charge in [-0.15, -0.1) is 0 Å². The topological polar surface area (TPSA) is 55.8 Å². The lowest BCUT2D eigenvalue weighted by Crippen LogP contribution is -2.31. The van der Waals surface area contributed by atoms with Crippen LogP contribution in [0.25, 0.3) is 0 Å². The molecule has 0 bridgehead atoms. The molecule has 0 aliphatic carbocycles. The maximum absolute atomic E-state index is 11.4. The minimum atomic E-state index is -0.325. The average Bonchev–Trinajstić information content (AvgIpc) is 2.26. The molecule has 94 valence electrons. The number of hydrogen-bond donors (Lipinski definition) is 0. The third-order valence-electron chi connectivity index (χ3n) is 2.08. The Kier molecular flexibility index (Phi) is 8.29. The van der Waals surface area contributed by atoms with Gasteiger partial charge in [0.2, 0.25) is 0 Å². The van der Waals surface area contributed by atoms with Crippen LogP contribution in [-0.4, -0.2) is 43.3 Å². The molecule has 0 aromatic heterocycles. The normalized spacial score (nSPS) is 9.69. The summed E-state index contributed by atoms with van der Waals surface area (Å²) >= 11 is 0. The van der Waals surface area contributed by atoms with Gasteiger partial charge in [0, 0.05) is 19.5 Å². The minimum absolute atomic E-state index is 0.249. The van der Waals surface area contributed by atoms with E-state index in [1.54, 1.807) is 11.8 Å². The van der Waals surface area contributed by atoms with Gasteiger partial charge in [-0.1, -0.05) is 0 Å². The highest BCUT2D eigenvalue weighted by Gasteiger charge is 2.10. The summed E-state index contributed by atoms with van der Waals surface area (Å²) < 4.78 is 9.74. The molecule has 0 aromatic rings. The Morgan fingerprint density at radius 1 is 1.06 bits per heavy atom. The van der Waals surface area contributed by atoms with E-state index >= 15 is 0 Å². The lowest BCUT2D eigenvalue weighted by Gasteiger charge is -2.17. The predicted octanol–water partition coefficient (Wildman–Crippen LogP) is 1.81. The van der Waals surface area contributed by atoms with Crippen LogP contribution in [0.3, 0.4) is 0 Å². The molecule has 0 N–H and O–H groups in total. The molecule has 0 unspecified atom stereocenters. The molecule has 1 amide bonds. The highest BCUT2D eigenvalue weighted by Crippen LogP contribution is 1.97. The van der Waals surface area contributed by atoms with Gasteiger partial charge in [0.15, 0.2) is 0 Å². The molecular formula is C11H21NO4. The number of carbonyl (C=O) groups is 2. The molecule has 0 rings (SSSR count). The van der Waals surface area contributed by atoms with Gasteiger partial charge in [-0.25, -0.2) is 4.79 Å². The SMILES string of the molecule is CCOC(=O)CCCOC(=O)N(CC)CC. The Hall–Kier alpha value is -1.26. The van der Waals surface area contributed by atoms with Gasteiger partial charge in [0.25, 0.3) is 0 Å². The van der Waals surface area contributed by atoms with Crippen LogP contribution in [0.1, 0.15) is 33.6 Å². The summed E-state index contributed by atoms with van der Waals surface area (Å²) in [5.41, 5.74) is 0. The van der Waals surface area contributed by atoms with E-state index in [2.05, 4.69) is 0 Å². The summed E-state index contributed by atoms with van der Waals surface area (Å²) in [4.78, 5) is 23.9. The first kappa shape index (κ1) is 14.7. The molecule has 0 aliphatic rings. The van der Waals surface area contributed by atoms with E-state index in [0.717, 1.165) is 0 Å². The van der Waals surface area contributed by atoms with Crippen molar-refractivity contribution in [2.24, 2.45) is 0 Å². The molecule has 16 heavy (non-hydrogen) atoms. The highest BCUT2D eigenvalue weighted by molar-refractivity contribution is 5.69. The van der Waals surface area contributed by atoms with Gasteiger partial charge >= 0.3 is 12.1 Å². The molecule has 0 saturated heterocycles. The molecule has 0 aromatic carbocycles. The molecule has 5 heteroatoms. The van der Waals surface area contributed by atoms with Crippen LogP contribution >= 0.6 is 0 Å². The monoisotopic (exact) mass is 231 g/mol. The second-order valence-electron chi connectivity index (χ2n) is 3.20. The molecular weight excluding hydrogens is 210 g/mol. The summed E-state index contributed by atoms with van der Waals surface area (Å²) in [5, 5.41) is 0. The van der Waals surface area contributed by atoms with Gasteiger partial charge in [-0.05, 0) is 27.2 Å². The van der Waals surface area contributed by atoms with Crippen LogP contribution in [0.15, 0.2) is 0 Å². The first-order valence-corrected chi connectivity index (χ1v) is 5.72. The number of ether oxygens (including phenoxy) is 2. The van der Waals surface area contributed by atoms with Crippen LogP contribution in [0, 0.1) is 0 Å². The van der Waals surface area contributed by atoms with Crippen LogP contribution in [0.4, 0.5) is 4.79 Å². The number of carbonyl (C=O) groups excluding carboxylic acids is 2. The Labute approximate surface area is 96.7 Å². The van der Waals surface area contributed by atoms with Crippen molar-refractivity contribution >= 4 is 12.1 Å². The highest BCUT2D eigenvalue weighted by atomic mass is 16.6. The number of nitrogens with zero attached hydrogens (tertiary/aromatic N) is 1. The lowest BCUT2D eigenvalue weighted by atomic mass is 10.3. The second kappa shape index (κ2) is 9.00. The molecule has 0 spiro atoms. The second-order valence-corrected chi connectivity index (χ2v) is 3.20. The van der Waals surface area contributed by atoms with Gasteiger partial charge < -0.3 is 14.4 Å². The average molecular weight is 231 g/mol. The van der Waals surface area contributed by atoms with E-state index in [9.17, 15) is 9.59 Å². The van der Waals surface area contributed by atoms with Crippen LogP contribution in [0.2, 0.25) is 0 Å². The molecule has 0 fully saturated rings. The number of rotatable bonds is 7. The summed E-state index contributed by atoms with van der Waals surface area (Å²) in [6, 6.07) is 0. The Balaban J connectivity index is 3.58. The standard InChI is InChI=1S/C11H21NO4/c1-4-12(5-2)11(14)16-9-7-8-10(13)15-6-3/h4-9H2,1-3H3. The quantitative estimate of drug-likeness (QED) is 0.495. The molecule has 0 atom stereocenters. The van der Waals surface area contributed by atoms with Crippen molar-refractivity contribution in [2.75, 3.05) is 26.3 Å². The Morgan fingerprint density at radius 3 is 2.19 bits per heavy atom. The smallest absolute Gasteiger partial charge is 0.409 e. The van der Waals surface area contributed by atoms with Gasteiger partial charge in [0.1, 0.15) is 0 Å². The van der Waals surface area contributed by atoms with E-state index in [1.807, 2.05) is 13.8 Å². The predicted molar refractivity (Wildman–Crippen MR) is 60.1 cm³/mol. The van der Waals surface area contributed by atoms with Crippen molar-refractivity contribution in [3.05, 3.63) is 0 Å². The van der Waals surface area contributed by atoms with Crippen molar-refractivity contribution in [3.8, 4) is 0 Å². The molecule has 0 radical (unpaired) electrons. The van der Waals surface area contributed by atoms with Crippen molar-refractivity contribution in [3.63, 3.8) is 0 Å². The minimum Gasteiger partial charge on any atom is -0.466 e. The molecule has 0 saturated carbocycles. The number of esters is 1. The van der Waals surface area contributed by atoms with E-state index in [4.69, 9.17) is 9.47 Å². The van der Waals surface area contributed by atoms with Gasteiger partial charge in [0.05, 0.1) is 13.2 Å². The van der Waals surface area contributed by atoms with E-state index < -0.39 is 0 Å². The fourth-order valence-corrected chi connectivity index (χ4v) is 1.18.